The molecule has 0 saturated carbocycles. The topological polar surface area (TPSA) is 74.2 Å². The first-order valence-corrected chi connectivity index (χ1v) is 8.00. The summed E-state index contributed by atoms with van der Waals surface area (Å²) in [6.45, 7) is 5.71. The lowest BCUT2D eigenvalue weighted by Gasteiger charge is -2.32. The fourth-order valence-corrected chi connectivity index (χ4v) is 2.85. The fraction of sp³-hybridized carbons (Fsp3) is 0.529. The normalized spacial score (nSPS) is 18.1. The number of hydrazone groups is 1. The van der Waals surface area contributed by atoms with E-state index in [1.807, 2.05) is 12.1 Å². The number of likely N-dealkylation sites (tertiary alicyclic amines) is 1. The third kappa shape index (κ3) is 4.84. The van der Waals surface area contributed by atoms with E-state index >= 15 is 0 Å². The molecule has 1 fully saturated rings. The number of aromatic hydroxyl groups is 1. The Kier molecular flexibility index (Phi) is 6.40. The molecule has 0 unspecified atom stereocenters. The number of rotatable bonds is 6. The standard InChI is InChI=1S/C17H26N4O/c1-2-8-19-12-16(20-18)13-21-9-6-14(7-10-21)15-4-3-5-17(22)11-15/h3-5,11-12,14,22H,2,6-10,13,18H2,1H3. The number of benzene rings is 1. The maximum atomic E-state index is 9.59. The smallest absolute Gasteiger partial charge is 0.115 e. The van der Waals surface area contributed by atoms with Crippen LogP contribution in [0.5, 0.6) is 5.75 Å². The second-order valence-corrected chi connectivity index (χ2v) is 5.80. The second kappa shape index (κ2) is 8.54. The van der Waals surface area contributed by atoms with Gasteiger partial charge in [-0.05, 0) is 56.0 Å². The monoisotopic (exact) mass is 302 g/mol. The molecule has 1 heterocycles. The molecule has 0 bridgehead atoms. The highest BCUT2D eigenvalue weighted by Gasteiger charge is 2.21. The minimum atomic E-state index is 0.351. The predicted molar refractivity (Wildman–Crippen MR) is 91.8 cm³/mol. The number of piperidine rings is 1. The van der Waals surface area contributed by atoms with Crippen molar-refractivity contribution < 1.29 is 5.11 Å². The Bertz CT molecular complexity index is 519. The molecule has 0 aromatic heterocycles. The van der Waals surface area contributed by atoms with Crippen molar-refractivity contribution in [1.82, 2.24) is 4.90 Å². The van der Waals surface area contributed by atoms with Gasteiger partial charge in [0.2, 0.25) is 0 Å². The highest BCUT2D eigenvalue weighted by Crippen LogP contribution is 2.29. The van der Waals surface area contributed by atoms with Crippen LogP contribution in [-0.4, -0.2) is 48.1 Å². The molecule has 22 heavy (non-hydrogen) atoms. The van der Waals surface area contributed by atoms with Crippen LogP contribution in [0.1, 0.15) is 37.7 Å². The second-order valence-electron chi connectivity index (χ2n) is 5.80. The van der Waals surface area contributed by atoms with Gasteiger partial charge in [0.15, 0.2) is 0 Å². The van der Waals surface area contributed by atoms with Crippen molar-refractivity contribution in [1.29, 1.82) is 0 Å². The maximum absolute atomic E-state index is 9.59. The molecule has 5 nitrogen and oxygen atoms in total. The molecule has 0 amide bonds. The summed E-state index contributed by atoms with van der Waals surface area (Å²) in [6.07, 6.45) is 5.01. The van der Waals surface area contributed by atoms with Crippen molar-refractivity contribution >= 4 is 11.9 Å². The van der Waals surface area contributed by atoms with Gasteiger partial charge < -0.3 is 10.9 Å². The maximum Gasteiger partial charge on any atom is 0.115 e. The zero-order valence-corrected chi connectivity index (χ0v) is 13.3. The number of phenolic OH excluding ortho intramolecular Hbond substituents is 1. The van der Waals surface area contributed by atoms with Gasteiger partial charge in [0.05, 0.1) is 5.71 Å². The Balaban J connectivity index is 1.84. The zero-order valence-electron chi connectivity index (χ0n) is 13.3. The van der Waals surface area contributed by atoms with E-state index < -0.39 is 0 Å². The van der Waals surface area contributed by atoms with Crippen molar-refractivity contribution in [2.75, 3.05) is 26.2 Å². The summed E-state index contributed by atoms with van der Waals surface area (Å²) in [5.74, 6) is 6.32. The molecule has 1 saturated heterocycles. The van der Waals surface area contributed by atoms with Crippen molar-refractivity contribution in [2.45, 2.75) is 32.1 Å². The zero-order chi connectivity index (χ0) is 15.8. The number of hydrogen-bond acceptors (Lipinski definition) is 5. The van der Waals surface area contributed by atoms with Crippen molar-refractivity contribution in [2.24, 2.45) is 15.9 Å². The van der Waals surface area contributed by atoms with Gasteiger partial charge in [-0.25, -0.2) is 0 Å². The van der Waals surface area contributed by atoms with E-state index in [0.29, 0.717) is 11.7 Å². The van der Waals surface area contributed by atoms with Crippen LogP contribution in [0.4, 0.5) is 0 Å². The first kappa shape index (κ1) is 16.5. The van der Waals surface area contributed by atoms with E-state index in [4.69, 9.17) is 5.84 Å². The van der Waals surface area contributed by atoms with E-state index in [0.717, 1.165) is 51.2 Å². The summed E-state index contributed by atoms with van der Waals surface area (Å²) in [6, 6.07) is 7.62. The van der Waals surface area contributed by atoms with Gasteiger partial charge in [-0.1, -0.05) is 19.1 Å². The van der Waals surface area contributed by atoms with Gasteiger partial charge in [-0.2, -0.15) is 5.10 Å². The molecule has 0 radical (unpaired) electrons. The van der Waals surface area contributed by atoms with E-state index in [2.05, 4.69) is 28.0 Å². The average molecular weight is 302 g/mol. The minimum Gasteiger partial charge on any atom is -0.508 e. The number of nitrogens with zero attached hydrogens (tertiary/aromatic N) is 3. The van der Waals surface area contributed by atoms with Gasteiger partial charge in [0, 0.05) is 19.3 Å². The number of hydrogen-bond donors (Lipinski definition) is 2. The lowest BCUT2D eigenvalue weighted by Crippen LogP contribution is -2.37. The Morgan fingerprint density at radius 3 is 2.82 bits per heavy atom. The van der Waals surface area contributed by atoms with Crippen LogP contribution in [0.25, 0.3) is 0 Å². The predicted octanol–water partition coefficient (Wildman–Crippen LogP) is 2.37. The molecule has 3 N–H and O–H groups in total. The molecule has 0 spiro atoms. The van der Waals surface area contributed by atoms with Crippen LogP contribution in [0.3, 0.4) is 0 Å². The Labute approximate surface area is 132 Å². The summed E-state index contributed by atoms with van der Waals surface area (Å²) in [5, 5.41) is 13.4. The Hall–Kier alpha value is -1.88. The van der Waals surface area contributed by atoms with Crippen LogP contribution in [0.2, 0.25) is 0 Å². The molecular formula is C17H26N4O. The Morgan fingerprint density at radius 1 is 1.41 bits per heavy atom. The molecule has 1 aliphatic rings. The Morgan fingerprint density at radius 2 is 2.18 bits per heavy atom. The molecule has 1 aromatic carbocycles. The molecule has 5 heteroatoms. The average Bonchev–Trinajstić information content (AvgIpc) is 2.55. The van der Waals surface area contributed by atoms with Crippen molar-refractivity contribution in [3.8, 4) is 5.75 Å². The number of nitrogens with two attached hydrogens (primary N) is 1. The SMILES string of the molecule is CCCN=CC(CN1CCC(c2cccc(O)c2)CC1)=NN. The lowest BCUT2D eigenvalue weighted by molar-refractivity contribution is 0.239. The molecule has 0 atom stereocenters. The van der Waals surface area contributed by atoms with Crippen molar-refractivity contribution in [3.63, 3.8) is 0 Å². The summed E-state index contributed by atoms with van der Waals surface area (Å²) in [5.41, 5.74) is 2.07. The third-order valence-corrected chi connectivity index (χ3v) is 4.07. The van der Waals surface area contributed by atoms with Crippen LogP contribution in [0, 0.1) is 0 Å². The van der Waals surface area contributed by atoms with Gasteiger partial charge in [0.25, 0.3) is 0 Å². The minimum absolute atomic E-state index is 0.351. The van der Waals surface area contributed by atoms with Crippen molar-refractivity contribution in [3.05, 3.63) is 29.8 Å². The highest BCUT2D eigenvalue weighted by atomic mass is 16.3. The van der Waals surface area contributed by atoms with Gasteiger partial charge in [-0.3, -0.25) is 9.89 Å². The summed E-state index contributed by atoms with van der Waals surface area (Å²) < 4.78 is 0. The van der Waals surface area contributed by atoms with Crippen LogP contribution in [0.15, 0.2) is 34.4 Å². The number of aliphatic imine (C=N–C) groups is 1. The first-order valence-electron chi connectivity index (χ1n) is 8.00. The van der Waals surface area contributed by atoms with Crippen LogP contribution in [-0.2, 0) is 0 Å². The van der Waals surface area contributed by atoms with E-state index in [1.165, 1.54) is 5.56 Å². The molecule has 0 aliphatic carbocycles. The summed E-state index contributed by atoms with van der Waals surface area (Å²) in [7, 11) is 0. The van der Waals surface area contributed by atoms with E-state index in [9.17, 15) is 5.11 Å². The quantitative estimate of drug-likeness (QED) is 0.481. The summed E-state index contributed by atoms with van der Waals surface area (Å²) in [4.78, 5) is 6.67. The lowest BCUT2D eigenvalue weighted by atomic mass is 9.89. The first-order chi connectivity index (χ1) is 10.7. The molecule has 1 aromatic rings. The fourth-order valence-electron chi connectivity index (χ4n) is 2.85. The van der Waals surface area contributed by atoms with E-state index in [-0.39, 0.29) is 0 Å². The van der Waals surface area contributed by atoms with E-state index in [1.54, 1.807) is 12.3 Å². The largest absolute Gasteiger partial charge is 0.508 e. The highest BCUT2D eigenvalue weighted by molar-refractivity contribution is 6.31. The van der Waals surface area contributed by atoms with Gasteiger partial charge in [0.1, 0.15) is 5.75 Å². The number of phenols is 1. The third-order valence-electron chi connectivity index (χ3n) is 4.07. The van der Waals surface area contributed by atoms with Crippen LogP contribution < -0.4 is 5.84 Å². The molecule has 1 aliphatic heterocycles. The molecule has 120 valence electrons. The summed E-state index contributed by atoms with van der Waals surface area (Å²) >= 11 is 0. The molecular weight excluding hydrogens is 276 g/mol. The van der Waals surface area contributed by atoms with Gasteiger partial charge in [-0.15, -0.1) is 0 Å². The van der Waals surface area contributed by atoms with Gasteiger partial charge >= 0.3 is 0 Å². The van der Waals surface area contributed by atoms with Crippen LogP contribution >= 0.6 is 0 Å². The molecule has 2 rings (SSSR count).